The van der Waals surface area contributed by atoms with Crippen molar-refractivity contribution in [2.75, 3.05) is 33.0 Å². The number of aliphatic hydroxyl groups excluding tert-OH is 3. The molecule has 0 aromatic carbocycles. The molecule has 1 unspecified atom stereocenters. The maximum absolute atomic E-state index is 12.0. The van der Waals surface area contributed by atoms with Crippen molar-refractivity contribution >= 4 is 0 Å². The summed E-state index contributed by atoms with van der Waals surface area (Å²) in [7, 11) is 0. The van der Waals surface area contributed by atoms with Gasteiger partial charge in [-0.25, -0.2) is 0 Å². The van der Waals surface area contributed by atoms with Crippen LogP contribution < -0.4 is 0 Å². The van der Waals surface area contributed by atoms with E-state index in [-0.39, 0.29) is 19.8 Å². The maximum Gasteiger partial charge on any atom is 0.296 e. The third-order valence-corrected chi connectivity index (χ3v) is 14.5. The largest absolute Gasteiger partial charge is 0.395 e. The number of ether oxygens (including phenoxy) is 3. The minimum Gasteiger partial charge on any atom is -0.395 e. The molecule has 0 spiro atoms. The molecule has 0 amide bonds. The summed E-state index contributed by atoms with van der Waals surface area (Å²) >= 11 is 0. The van der Waals surface area contributed by atoms with Crippen LogP contribution in [0.2, 0.25) is 0 Å². The molecule has 0 radical (unpaired) electrons. The normalized spacial score (nSPS) is 12.8. The summed E-state index contributed by atoms with van der Waals surface area (Å²) in [6.45, 7) is 6.05. The molecule has 0 aliphatic carbocycles. The summed E-state index contributed by atoms with van der Waals surface area (Å²) in [6.07, 6.45) is 59.4. The number of hydrogen-bond acceptors (Lipinski definition) is 7. The van der Waals surface area contributed by atoms with E-state index in [1.165, 1.54) is 250 Å². The molecule has 0 aromatic rings. The lowest BCUT2D eigenvalue weighted by Gasteiger charge is -2.45. The van der Waals surface area contributed by atoms with E-state index in [0.29, 0.717) is 0 Å². The van der Waals surface area contributed by atoms with Crippen LogP contribution in [-0.2, 0) is 14.2 Å². The van der Waals surface area contributed by atoms with Gasteiger partial charge in [0.2, 0.25) is 0 Å². The molecule has 0 saturated carbocycles. The highest BCUT2D eigenvalue weighted by molar-refractivity contribution is 4.90. The summed E-state index contributed by atoms with van der Waals surface area (Å²) in [5.41, 5.74) is -1.94. The van der Waals surface area contributed by atoms with Crippen molar-refractivity contribution < 1.29 is 34.6 Å². The summed E-state index contributed by atoms with van der Waals surface area (Å²) in [5.74, 6) is -2.38. The van der Waals surface area contributed by atoms with Crippen molar-refractivity contribution in [1.82, 2.24) is 0 Å². The quantitative estimate of drug-likeness (QED) is 0.0355. The number of hydrogen-bond donors (Lipinski definition) is 4. The SMILES string of the molecule is CCCCCCCCCCCCCCCCCCOC(O)C(CO)(CO)C(O)(OCCCCCCCCCCCCCCCCCC)OCCCCCCCCCCCCCCCCCC. The predicted octanol–water partition coefficient (Wildman–Crippen LogP) is 17.8. The first-order chi connectivity index (χ1) is 32.5. The van der Waals surface area contributed by atoms with Crippen molar-refractivity contribution in [3.8, 4) is 0 Å². The maximum atomic E-state index is 12.0. The Balaban J connectivity index is 4.66. The van der Waals surface area contributed by atoms with E-state index in [1.807, 2.05) is 0 Å². The lowest BCUT2D eigenvalue weighted by Crippen LogP contribution is -2.63. The second-order valence-electron chi connectivity index (χ2n) is 20.9. The third-order valence-electron chi connectivity index (χ3n) is 14.5. The van der Waals surface area contributed by atoms with Crippen LogP contribution in [0.5, 0.6) is 0 Å². The van der Waals surface area contributed by atoms with Crippen LogP contribution >= 0.6 is 0 Å². The molecule has 0 heterocycles. The van der Waals surface area contributed by atoms with Crippen LogP contribution in [0.15, 0.2) is 0 Å². The predicted molar refractivity (Wildman–Crippen MR) is 284 cm³/mol. The van der Waals surface area contributed by atoms with E-state index in [9.17, 15) is 20.4 Å². The van der Waals surface area contributed by atoms with Gasteiger partial charge in [0.05, 0.1) is 26.4 Å². The molecule has 7 nitrogen and oxygen atoms in total. The van der Waals surface area contributed by atoms with Gasteiger partial charge in [0.15, 0.2) is 6.29 Å². The lowest BCUT2D eigenvalue weighted by molar-refractivity contribution is -0.450. The van der Waals surface area contributed by atoms with Crippen molar-refractivity contribution in [1.29, 1.82) is 0 Å². The first-order valence-electron chi connectivity index (χ1n) is 30.0. The molecule has 66 heavy (non-hydrogen) atoms. The molecule has 0 aromatic heterocycles. The van der Waals surface area contributed by atoms with E-state index in [1.54, 1.807) is 0 Å². The first-order valence-corrected chi connectivity index (χ1v) is 30.0. The van der Waals surface area contributed by atoms with Crippen LogP contribution in [0.25, 0.3) is 0 Å². The van der Waals surface area contributed by atoms with Crippen LogP contribution in [0.1, 0.15) is 329 Å². The molecular weight excluding hydrogens is 821 g/mol. The van der Waals surface area contributed by atoms with Gasteiger partial charge in [0.25, 0.3) is 5.97 Å². The van der Waals surface area contributed by atoms with E-state index in [2.05, 4.69) is 20.8 Å². The Hall–Kier alpha value is -0.280. The highest BCUT2D eigenvalue weighted by Gasteiger charge is 2.58. The number of aliphatic hydroxyl groups is 4. The molecule has 0 fully saturated rings. The Labute approximate surface area is 412 Å². The zero-order valence-electron chi connectivity index (χ0n) is 45.1. The van der Waals surface area contributed by atoms with Crippen molar-refractivity contribution in [2.24, 2.45) is 5.41 Å². The van der Waals surface area contributed by atoms with Gasteiger partial charge in [-0.15, -0.1) is 0 Å². The molecule has 0 aliphatic rings. The second kappa shape index (κ2) is 52.5. The Kier molecular flexibility index (Phi) is 52.3. The van der Waals surface area contributed by atoms with Gasteiger partial charge in [-0.1, -0.05) is 310 Å². The fourth-order valence-corrected chi connectivity index (χ4v) is 9.62. The van der Waals surface area contributed by atoms with Crippen LogP contribution in [0.4, 0.5) is 0 Å². The topological polar surface area (TPSA) is 109 Å². The van der Waals surface area contributed by atoms with Gasteiger partial charge in [0, 0.05) is 6.61 Å². The van der Waals surface area contributed by atoms with Crippen molar-refractivity contribution in [3.05, 3.63) is 0 Å². The highest BCUT2D eigenvalue weighted by atomic mass is 16.8. The Morgan fingerprint density at radius 2 is 0.470 bits per heavy atom. The van der Waals surface area contributed by atoms with E-state index < -0.39 is 30.9 Å². The molecule has 1 atom stereocenters. The average molecular weight is 942 g/mol. The van der Waals surface area contributed by atoms with Crippen LogP contribution in [0, 0.1) is 5.41 Å². The Morgan fingerprint density at radius 3 is 0.667 bits per heavy atom. The van der Waals surface area contributed by atoms with E-state index >= 15 is 0 Å². The molecule has 0 saturated heterocycles. The smallest absolute Gasteiger partial charge is 0.296 e. The first kappa shape index (κ1) is 65.7. The van der Waals surface area contributed by atoms with E-state index in [4.69, 9.17) is 14.2 Å². The van der Waals surface area contributed by atoms with Crippen molar-refractivity contribution in [3.63, 3.8) is 0 Å². The summed E-state index contributed by atoms with van der Waals surface area (Å²) in [5, 5.41) is 44.7. The van der Waals surface area contributed by atoms with Gasteiger partial charge < -0.3 is 34.6 Å². The second-order valence-corrected chi connectivity index (χ2v) is 20.9. The molecule has 4 N–H and O–H groups in total. The molecule has 398 valence electrons. The molecule has 7 heteroatoms. The lowest BCUT2D eigenvalue weighted by atomic mass is 9.85. The molecule has 0 bridgehead atoms. The molecule has 0 rings (SSSR count). The summed E-state index contributed by atoms with van der Waals surface area (Å²) in [6, 6.07) is 0. The summed E-state index contributed by atoms with van der Waals surface area (Å²) in [4.78, 5) is 0. The minimum atomic E-state index is -2.38. The fraction of sp³-hybridized carbons (Fsp3) is 1.00. The molecular formula is C59H120O7. The highest BCUT2D eigenvalue weighted by Crippen LogP contribution is 2.38. The van der Waals surface area contributed by atoms with Crippen LogP contribution in [-0.4, -0.2) is 65.7 Å². The van der Waals surface area contributed by atoms with Crippen LogP contribution in [0.3, 0.4) is 0 Å². The van der Waals surface area contributed by atoms with Gasteiger partial charge in [-0.2, -0.15) is 0 Å². The van der Waals surface area contributed by atoms with E-state index in [0.717, 1.165) is 57.8 Å². The molecule has 0 aliphatic heterocycles. The van der Waals surface area contributed by atoms with Gasteiger partial charge in [-0.05, 0) is 19.3 Å². The Morgan fingerprint density at radius 1 is 0.288 bits per heavy atom. The van der Waals surface area contributed by atoms with Gasteiger partial charge >= 0.3 is 0 Å². The summed E-state index contributed by atoms with van der Waals surface area (Å²) < 4.78 is 18.0. The van der Waals surface area contributed by atoms with Gasteiger partial charge in [0.1, 0.15) is 5.41 Å². The zero-order valence-corrected chi connectivity index (χ0v) is 45.1. The minimum absolute atomic E-state index is 0.210. The third kappa shape index (κ3) is 39.4. The monoisotopic (exact) mass is 941 g/mol. The fourth-order valence-electron chi connectivity index (χ4n) is 9.62. The van der Waals surface area contributed by atoms with Crippen molar-refractivity contribution in [2.45, 2.75) is 341 Å². The number of rotatable bonds is 58. The Bertz CT molecular complexity index is 859. The zero-order chi connectivity index (χ0) is 48.2. The standard InChI is InChI=1S/C59H120O7/c1-4-7-10-13-16-19-22-25-28-31-34-37-40-43-46-49-52-64-57(62)58(55-60,56-61)59(63,65-53-50-47-44-41-38-35-32-29-26-23-20-17-14-11-8-5-2)66-54-51-48-45-42-39-36-33-30-27-24-21-18-15-12-9-6-3/h57,60-63H,4-56H2,1-3H3. The average Bonchev–Trinajstić information content (AvgIpc) is 3.32. The van der Waals surface area contributed by atoms with Gasteiger partial charge in [-0.3, -0.25) is 0 Å². The number of unbranched alkanes of at least 4 members (excludes halogenated alkanes) is 45.